The number of rotatable bonds is 5. The number of carbonyl (C=O) groups excluding carboxylic acids is 2. The molecular formula is C34H31ClF3N9O4. The zero-order valence-electron chi connectivity index (χ0n) is 27.6. The van der Waals surface area contributed by atoms with E-state index in [1.54, 1.807) is 41.6 Å². The number of benzene rings is 1. The fraction of sp³-hybridized carbons (Fsp3) is 0.353. The van der Waals surface area contributed by atoms with Crippen molar-refractivity contribution in [2.45, 2.75) is 64.1 Å². The van der Waals surface area contributed by atoms with Crippen molar-refractivity contribution < 1.29 is 27.9 Å². The van der Waals surface area contributed by atoms with Gasteiger partial charge in [-0.15, -0.1) is 5.10 Å². The molecule has 7 rings (SSSR count). The first-order valence-corrected chi connectivity index (χ1v) is 16.5. The van der Waals surface area contributed by atoms with E-state index in [-0.39, 0.29) is 65.0 Å². The van der Waals surface area contributed by atoms with Crippen molar-refractivity contribution in [1.82, 2.24) is 39.0 Å². The molecule has 0 bridgehead atoms. The zero-order valence-corrected chi connectivity index (χ0v) is 28.4. The molecule has 4 aromatic heterocycles. The first kappa shape index (κ1) is 34.1. The van der Waals surface area contributed by atoms with Crippen LogP contribution >= 0.6 is 11.6 Å². The third-order valence-electron chi connectivity index (χ3n) is 9.81. The van der Waals surface area contributed by atoms with Crippen molar-refractivity contribution in [3.8, 4) is 17.1 Å². The quantitative estimate of drug-likeness (QED) is 0.253. The lowest BCUT2D eigenvalue weighted by atomic mass is 9.73. The molecule has 1 atom stereocenters. The highest BCUT2D eigenvalue weighted by Gasteiger charge is 2.49. The van der Waals surface area contributed by atoms with E-state index in [9.17, 15) is 32.7 Å². The van der Waals surface area contributed by atoms with E-state index in [1.807, 2.05) is 6.92 Å². The highest BCUT2D eigenvalue weighted by molar-refractivity contribution is 6.33. The average Bonchev–Trinajstić information content (AvgIpc) is 3.65. The number of fused-ring (bicyclic) bond motifs is 3. The van der Waals surface area contributed by atoms with Gasteiger partial charge < -0.3 is 19.9 Å². The standard InChI is InChI=1S/C34H31ClF3N9O4/c1-17-14-33(8-11-45(12-9-33)31(51)26-28(49)19(3)40-16-41-26)25-27(17)46(15-24(48)42-23-7-6-20(13-22(23)35)34(36,37)38)32-43-29(44-47(32)30(25)50)21-5-4-10-39-18(21)2/h4-7,10,13,16-17,49H,8-9,11-12,14-15H2,1-3H3,(H,42,48). The molecule has 13 nitrogen and oxygen atoms in total. The molecule has 51 heavy (non-hydrogen) atoms. The lowest BCUT2D eigenvalue weighted by Gasteiger charge is -2.39. The van der Waals surface area contributed by atoms with E-state index in [0.29, 0.717) is 41.8 Å². The number of carbonyl (C=O) groups is 2. The smallest absolute Gasteiger partial charge is 0.416 e. The molecule has 1 fully saturated rings. The van der Waals surface area contributed by atoms with E-state index in [0.717, 1.165) is 18.2 Å². The van der Waals surface area contributed by atoms with Crippen molar-refractivity contribution >= 4 is 34.9 Å². The maximum Gasteiger partial charge on any atom is 0.416 e. The van der Waals surface area contributed by atoms with Gasteiger partial charge in [0, 0.05) is 47.2 Å². The number of hydrogen-bond acceptors (Lipinski definition) is 9. The lowest BCUT2D eigenvalue weighted by molar-refractivity contribution is -0.137. The number of nitrogens with one attached hydrogen (secondary N) is 1. The van der Waals surface area contributed by atoms with Crippen LogP contribution in [0.5, 0.6) is 5.75 Å². The number of pyridine rings is 1. The summed E-state index contributed by atoms with van der Waals surface area (Å²) in [5.41, 5.74) is 0.424. The minimum absolute atomic E-state index is 0.0111. The largest absolute Gasteiger partial charge is 0.504 e. The summed E-state index contributed by atoms with van der Waals surface area (Å²) in [6.45, 7) is 5.50. The number of piperidine rings is 1. The van der Waals surface area contributed by atoms with E-state index in [1.165, 1.54) is 10.8 Å². The molecule has 1 unspecified atom stereocenters. The highest BCUT2D eigenvalue weighted by atomic mass is 35.5. The van der Waals surface area contributed by atoms with Crippen LogP contribution in [-0.2, 0) is 22.9 Å². The maximum absolute atomic E-state index is 14.5. The summed E-state index contributed by atoms with van der Waals surface area (Å²) in [6, 6.07) is 6.14. The van der Waals surface area contributed by atoms with Gasteiger partial charge in [-0.3, -0.25) is 19.4 Å². The Balaban J connectivity index is 1.28. The topological polar surface area (TPSA) is 160 Å². The molecule has 17 heteroatoms. The molecule has 2 amide bonds. The van der Waals surface area contributed by atoms with E-state index < -0.39 is 34.5 Å². The second kappa shape index (κ2) is 12.4. The van der Waals surface area contributed by atoms with Crippen LogP contribution in [0.25, 0.3) is 17.2 Å². The Bertz CT molecular complexity index is 2300. The predicted octanol–water partition coefficient (Wildman–Crippen LogP) is 5.06. The molecule has 0 radical (unpaired) electrons. The van der Waals surface area contributed by atoms with Crippen molar-refractivity contribution in [1.29, 1.82) is 0 Å². The van der Waals surface area contributed by atoms with Crippen LogP contribution in [0.2, 0.25) is 5.02 Å². The summed E-state index contributed by atoms with van der Waals surface area (Å²) < 4.78 is 42.5. The van der Waals surface area contributed by atoms with Crippen molar-refractivity contribution in [2.75, 3.05) is 18.4 Å². The van der Waals surface area contributed by atoms with Crippen LogP contribution in [0.1, 0.15) is 70.8 Å². The first-order valence-electron chi connectivity index (χ1n) is 16.1. The Morgan fingerprint density at radius 2 is 1.84 bits per heavy atom. The third kappa shape index (κ3) is 5.86. The number of aryl methyl sites for hydroxylation is 2. The number of hydrogen-bond donors (Lipinski definition) is 2. The number of nitrogens with zero attached hydrogens (tertiary/aromatic N) is 8. The zero-order chi connectivity index (χ0) is 36.4. The summed E-state index contributed by atoms with van der Waals surface area (Å²) in [5.74, 6) is -1.23. The van der Waals surface area contributed by atoms with Gasteiger partial charge in [0.1, 0.15) is 12.9 Å². The Morgan fingerprint density at radius 3 is 2.53 bits per heavy atom. The summed E-state index contributed by atoms with van der Waals surface area (Å²) >= 11 is 6.14. The fourth-order valence-corrected chi connectivity index (χ4v) is 7.58. The van der Waals surface area contributed by atoms with Crippen molar-refractivity contribution in [3.63, 3.8) is 0 Å². The van der Waals surface area contributed by atoms with Gasteiger partial charge in [-0.25, -0.2) is 9.97 Å². The molecule has 1 spiro atoms. The van der Waals surface area contributed by atoms with Crippen LogP contribution in [0.4, 0.5) is 18.9 Å². The molecule has 1 aromatic carbocycles. The minimum Gasteiger partial charge on any atom is -0.504 e. The minimum atomic E-state index is -4.61. The van der Waals surface area contributed by atoms with Gasteiger partial charge in [0.2, 0.25) is 11.7 Å². The van der Waals surface area contributed by atoms with Crippen LogP contribution in [0.3, 0.4) is 0 Å². The van der Waals surface area contributed by atoms with Gasteiger partial charge >= 0.3 is 6.18 Å². The second-order valence-electron chi connectivity index (χ2n) is 13.0. The van der Waals surface area contributed by atoms with Crippen LogP contribution in [0.15, 0.2) is 47.7 Å². The first-order chi connectivity index (χ1) is 24.2. The molecule has 2 N–H and O–H groups in total. The molecule has 1 aliphatic carbocycles. The average molecular weight is 722 g/mol. The SMILES string of the molecule is Cc1ncccc1-c1nc2n(CC(=O)Nc3ccc(C(F)(F)F)cc3Cl)c3c(c(=O)n2n1)C1(CCN(C(=O)c2ncnc(C)c2O)CC1)CC3C. The van der Waals surface area contributed by atoms with Gasteiger partial charge in [-0.05, 0) is 69.4 Å². The molecule has 2 aliphatic rings. The molecule has 1 aliphatic heterocycles. The number of likely N-dealkylation sites (tertiary alicyclic amines) is 1. The van der Waals surface area contributed by atoms with Gasteiger partial charge in [0.25, 0.3) is 11.5 Å². The molecule has 5 aromatic rings. The van der Waals surface area contributed by atoms with E-state index in [2.05, 4.69) is 25.4 Å². The molecule has 5 heterocycles. The Kier molecular flexibility index (Phi) is 8.31. The number of aromatic nitrogens is 7. The van der Waals surface area contributed by atoms with Crippen molar-refractivity contribution in [2.24, 2.45) is 0 Å². The fourth-order valence-electron chi connectivity index (χ4n) is 7.35. The van der Waals surface area contributed by atoms with Gasteiger partial charge in [0.15, 0.2) is 17.3 Å². The molecule has 1 saturated heterocycles. The molecule has 264 valence electrons. The Hall–Kier alpha value is -5.38. The normalized spacial score (nSPS) is 16.8. The van der Waals surface area contributed by atoms with Gasteiger partial charge in [-0.2, -0.15) is 22.7 Å². The summed E-state index contributed by atoms with van der Waals surface area (Å²) in [5, 5.41) is 17.3. The van der Waals surface area contributed by atoms with Crippen LogP contribution in [-0.4, -0.2) is 69.0 Å². The number of anilines is 1. The maximum atomic E-state index is 14.5. The van der Waals surface area contributed by atoms with Crippen LogP contribution in [0, 0.1) is 13.8 Å². The predicted molar refractivity (Wildman–Crippen MR) is 179 cm³/mol. The third-order valence-corrected chi connectivity index (χ3v) is 10.1. The van der Waals surface area contributed by atoms with Gasteiger partial charge in [-0.1, -0.05) is 18.5 Å². The number of halogens is 4. The summed E-state index contributed by atoms with van der Waals surface area (Å²) in [4.78, 5) is 60.0. The second-order valence-corrected chi connectivity index (χ2v) is 13.4. The molecule has 0 saturated carbocycles. The lowest BCUT2D eigenvalue weighted by Crippen LogP contribution is -2.46. The summed E-state index contributed by atoms with van der Waals surface area (Å²) in [6.07, 6.45) is -0.396. The number of amides is 2. The Labute approximate surface area is 293 Å². The number of alkyl halides is 3. The Morgan fingerprint density at radius 1 is 1.10 bits per heavy atom. The van der Waals surface area contributed by atoms with E-state index >= 15 is 0 Å². The van der Waals surface area contributed by atoms with Gasteiger partial charge in [0.05, 0.1) is 22.0 Å². The highest BCUT2D eigenvalue weighted by Crippen LogP contribution is 2.50. The number of aromatic hydroxyl groups is 1. The monoisotopic (exact) mass is 721 g/mol. The summed E-state index contributed by atoms with van der Waals surface area (Å²) in [7, 11) is 0. The molecular weight excluding hydrogens is 691 g/mol. The van der Waals surface area contributed by atoms with Crippen molar-refractivity contribution in [3.05, 3.63) is 92.1 Å². The van der Waals surface area contributed by atoms with E-state index in [4.69, 9.17) is 16.6 Å². The van der Waals surface area contributed by atoms with Crippen LogP contribution < -0.4 is 10.9 Å².